The summed E-state index contributed by atoms with van der Waals surface area (Å²) in [5.41, 5.74) is 2.21. The van der Waals surface area contributed by atoms with Gasteiger partial charge in [0.25, 0.3) is 0 Å². The topological polar surface area (TPSA) is 68.8 Å². The molecule has 0 aliphatic carbocycles. The highest BCUT2D eigenvalue weighted by molar-refractivity contribution is 5.87. The Kier molecular flexibility index (Phi) is 7.23. The minimum Gasteiger partial charge on any atom is -0.492 e. The largest absolute Gasteiger partial charge is 0.492 e. The summed E-state index contributed by atoms with van der Waals surface area (Å²) in [6.45, 7) is 8.46. The molecule has 0 bridgehead atoms. The zero-order chi connectivity index (χ0) is 26.3. The van der Waals surface area contributed by atoms with Crippen LogP contribution in [-0.2, 0) is 11.2 Å². The highest BCUT2D eigenvalue weighted by Crippen LogP contribution is 2.43. The van der Waals surface area contributed by atoms with Gasteiger partial charge in [-0.3, -0.25) is 9.69 Å². The molecule has 3 atom stereocenters. The Bertz CT molecular complexity index is 1260. The van der Waals surface area contributed by atoms with Crippen LogP contribution in [0.5, 0.6) is 5.75 Å². The Morgan fingerprint density at radius 2 is 1.92 bits per heavy atom. The molecule has 1 unspecified atom stereocenters. The van der Waals surface area contributed by atoms with Crippen LogP contribution in [0.3, 0.4) is 0 Å². The highest BCUT2D eigenvalue weighted by atomic mass is 19.1. The van der Waals surface area contributed by atoms with E-state index in [9.17, 15) is 9.90 Å². The SMILES string of the molecule is CCC1CN(CCOc2cc(F)c([C@@H]3c4[nH]c5ccccc5c4C[C@@H](C)N3C(=O)C(C)CO)c(F)c2)C1. The summed E-state index contributed by atoms with van der Waals surface area (Å²) < 4.78 is 37.2. The third-order valence-electron chi connectivity index (χ3n) is 7.93. The van der Waals surface area contributed by atoms with Gasteiger partial charge in [-0.05, 0) is 30.9 Å². The number of para-hydroxylation sites is 1. The normalized spacial score (nSPS) is 21.1. The van der Waals surface area contributed by atoms with Crippen molar-refractivity contribution in [2.24, 2.45) is 11.8 Å². The maximum absolute atomic E-state index is 15.7. The van der Waals surface area contributed by atoms with Crippen molar-refractivity contribution >= 4 is 16.8 Å². The fourth-order valence-corrected chi connectivity index (χ4v) is 5.74. The van der Waals surface area contributed by atoms with E-state index in [0.29, 0.717) is 25.3 Å². The Hall–Kier alpha value is -2.97. The van der Waals surface area contributed by atoms with E-state index in [1.165, 1.54) is 17.0 Å². The van der Waals surface area contributed by atoms with Gasteiger partial charge in [-0.15, -0.1) is 0 Å². The van der Waals surface area contributed by atoms with Gasteiger partial charge in [0.05, 0.1) is 18.1 Å². The third kappa shape index (κ3) is 4.73. The lowest BCUT2D eigenvalue weighted by atomic mass is 9.87. The molecule has 3 aromatic rings. The van der Waals surface area contributed by atoms with Gasteiger partial charge >= 0.3 is 0 Å². The second kappa shape index (κ2) is 10.4. The molecule has 37 heavy (non-hydrogen) atoms. The number of nitrogens with zero attached hydrogens (tertiary/aromatic N) is 2. The maximum atomic E-state index is 15.7. The fraction of sp³-hybridized carbons (Fsp3) is 0.483. The average Bonchev–Trinajstić information content (AvgIpc) is 3.22. The average molecular weight is 512 g/mol. The summed E-state index contributed by atoms with van der Waals surface area (Å²) in [4.78, 5) is 20.5. The monoisotopic (exact) mass is 511 g/mol. The van der Waals surface area contributed by atoms with Crippen molar-refractivity contribution < 1.29 is 23.4 Å². The zero-order valence-electron chi connectivity index (χ0n) is 21.6. The van der Waals surface area contributed by atoms with E-state index in [1.807, 2.05) is 31.2 Å². The fourth-order valence-electron chi connectivity index (χ4n) is 5.74. The molecule has 3 heterocycles. The van der Waals surface area contributed by atoms with E-state index in [-0.39, 0.29) is 29.9 Å². The van der Waals surface area contributed by atoms with Crippen molar-refractivity contribution in [1.82, 2.24) is 14.8 Å². The molecule has 1 amide bonds. The lowest BCUT2D eigenvalue weighted by Gasteiger charge is -2.42. The maximum Gasteiger partial charge on any atom is 0.228 e. The molecule has 2 aliphatic rings. The smallest absolute Gasteiger partial charge is 0.228 e. The van der Waals surface area contributed by atoms with Crippen molar-refractivity contribution in [3.05, 3.63) is 64.9 Å². The number of hydrogen-bond acceptors (Lipinski definition) is 4. The van der Waals surface area contributed by atoms with E-state index in [0.717, 1.165) is 41.9 Å². The first-order valence-electron chi connectivity index (χ1n) is 13.2. The van der Waals surface area contributed by atoms with Crippen molar-refractivity contribution in [1.29, 1.82) is 0 Å². The lowest BCUT2D eigenvalue weighted by molar-refractivity contribution is -0.141. The number of halogens is 2. The molecule has 1 saturated heterocycles. The van der Waals surface area contributed by atoms with Gasteiger partial charge in [0.15, 0.2) is 0 Å². The van der Waals surface area contributed by atoms with Crippen molar-refractivity contribution in [3.63, 3.8) is 0 Å². The van der Waals surface area contributed by atoms with Gasteiger partial charge in [0, 0.05) is 54.4 Å². The first-order chi connectivity index (χ1) is 17.8. The molecule has 0 radical (unpaired) electrons. The predicted molar refractivity (Wildman–Crippen MR) is 138 cm³/mol. The van der Waals surface area contributed by atoms with Crippen molar-refractivity contribution in [2.75, 3.05) is 32.8 Å². The number of fused-ring (bicyclic) bond motifs is 3. The molecular weight excluding hydrogens is 476 g/mol. The Balaban J connectivity index is 1.49. The summed E-state index contributed by atoms with van der Waals surface area (Å²) in [7, 11) is 0. The molecule has 0 saturated carbocycles. The molecule has 0 spiro atoms. The Morgan fingerprint density at radius 3 is 2.59 bits per heavy atom. The lowest BCUT2D eigenvalue weighted by Crippen LogP contribution is -2.49. The molecule has 5 rings (SSSR count). The number of likely N-dealkylation sites (tertiary alicyclic amines) is 1. The molecule has 198 valence electrons. The summed E-state index contributed by atoms with van der Waals surface area (Å²) in [5.74, 6) is -1.71. The third-order valence-corrected chi connectivity index (χ3v) is 7.93. The number of amides is 1. The summed E-state index contributed by atoms with van der Waals surface area (Å²) in [6, 6.07) is 8.83. The molecule has 2 aliphatic heterocycles. The van der Waals surface area contributed by atoms with Gasteiger partial charge in [0.2, 0.25) is 5.91 Å². The van der Waals surface area contributed by atoms with E-state index >= 15 is 8.78 Å². The van der Waals surface area contributed by atoms with Crippen molar-refractivity contribution in [3.8, 4) is 5.75 Å². The molecule has 2 N–H and O–H groups in total. The first kappa shape index (κ1) is 25.7. The van der Waals surface area contributed by atoms with Crippen LogP contribution in [0.2, 0.25) is 0 Å². The zero-order valence-corrected chi connectivity index (χ0v) is 21.6. The van der Waals surface area contributed by atoms with E-state index < -0.39 is 23.6 Å². The first-order valence-corrected chi connectivity index (χ1v) is 13.2. The molecular formula is C29H35F2N3O3. The number of ether oxygens (including phenoxy) is 1. The predicted octanol–water partition coefficient (Wildman–Crippen LogP) is 4.66. The number of aliphatic hydroxyl groups is 1. The minimum absolute atomic E-state index is 0.133. The van der Waals surface area contributed by atoms with Crippen LogP contribution in [0.4, 0.5) is 8.78 Å². The number of aromatic amines is 1. The number of aliphatic hydroxyl groups excluding tert-OH is 1. The minimum atomic E-state index is -0.992. The number of nitrogens with one attached hydrogen (secondary N) is 1. The standard InChI is InChI=1S/C29H35F2N3O3/c1-4-19-14-33(15-19)9-10-37-20-12-23(30)26(24(31)13-20)28-27-22(21-7-5-6-8-25(21)32-27)11-18(3)34(28)29(36)17(2)16-35/h5-8,12-13,17-19,28,32,35H,4,9-11,14-16H2,1-3H3/t17?,18-,28-/m1/s1. The van der Waals surface area contributed by atoms with Crippen LogP contribution in [-0.4, -0.2) is 64.7 Å². The van der Waals surface area contributed by atoms with Crippen LogP contribution < -0.4 is 4.74 Å². The summed E-state index contributed by atoms with van der Waals surface area (Å²) in [6.07, 6.45) is 1.70. The van der Waals surface area contributed by atoms with Crippen LogP contribution in [0, 0.1) is 23.5 Å². The second-order valence-electron chi connectivity index (χ2n) is 10.5. The van der Waals surface area contributed by atoms with Crippen LogP contribution in [0.15, 0.2) is 36.4 Å². The number of carbonyl (C=O) groups excluding carboxylic acids is 1. The summed E-state index contributed by atoms with van der Waals surface area (Å²) in [5, 5.41) is 10.7. The van der Waals surface area contributed by atoms with Gasteiger partial charge in [-0.1, -0.05) is 38.5 Å². The molecule has 1 fully saturated rings. The van der Waals surface area contributed by atoms with E-state index in [4.69, 9.17) is 4.74 Å². The number of rotatable bonds is 8. The second-order valence-corrected chi connectivity index (χ2v) is 10.5. The van der Waals surface area contributed by atoms with Crippen molar-refractivity contribution in [2.45, 2.75) is 45.7 Å². The highest BCUT2D eigenvalue weighted by Gasteiger charge is 2.42. The number of benzene rings is 2. The number of carbonyl (C=O) groups is 1. The molecule has 1 aromatic heterocycles. The van der Waals surface area contributed by atoms with Crippen LogP contribution in [0.1, 0.15) is 50.1 Å². The molecule has 6 nitrogen and oxygen atoms in total. The van der Waals surface area contributed by atoms with Gasteiger partial charge in [0.1, 0.15) is 30.0 Å². The number of hydrogen-bond donors (Lipinski definition) is 2. The Labute approximate surface area is 216 Å². The van der Waals surface area contributed by atoms with E-state index in [1.54, 1.807) is 6.92 Å². The molecule has 2 aromatic carbocycles. The van der Waals surface area contributed by atoms with Gasteiger partial charge in [-0.25, -0.2) is 8.78 Å². The summed E-state index contributed by atoms with van der Waals surface area (Å²) >= 11 is 0. The van der Waals surface area contributed by atoms with E-state index in [2.05, 4.69) is 16.8 Å². The quantitative estimate of drug-likeness (QED) is 0.462. The number of H-pyrrole nitrogens is 1. The number of aromatic nitrogens is 1. The Morgan fingerprint density at radius 1 is 1.22 bits per heavy atom. The van der Waals surface area contributed by atoms with Crippen LogP contribution in [0.25, 0.3) is 10.9 Å². The van der Waals surface area contributed by atoms with Gasteiger partial charge in [-0.2, -0.15) is 0 Å². The van der Waals surface area contributed by atoms with Gasteiger partial charge < -0.3 is 19.7 Å². The molecule has 8 heteroatoms. The van der Waals surface area contributed by atoms with Crippen LogP contribution >= 0.6 is 0 Å².